The lowest BCUT2D eigenvalue weighted by Gasteiger charge is -2.36. The third-order valence-electron chi connectivity index (χ3n) is 4.36. The minimum atomic E-state index is 0.117. The zero-order chi connectivity index (χ0) is 14.5. The van der Waals surface area contributed by atoms with Gasteiger partial charge < -0.3 is 10.8 Å². The molecule has 1 aliphatic heterocycles. The summed E-state index contributed by atoms with van der Waals surface area (Å²) in [5, 5.41) is 9.07. The van der Waals surface area contributed by atoms with Crippen LogP contribution in [-0.2, 0) is 0 Å². The zero-order valence-corrected chi connectivity index (χ0v) is 12.8. The first-order valence-corrected chi connectivity index (χ1v) is 7.82. The highest BCUT2D eigenvalue weighted by Crippen LogP contribution is 2.33. The molecule has 0 spiro atoms. The molecule has 3 N–H and O–H groups in total. The molecule has 3 atom stereocenters. The van der Waals surface area contributed by atoms with Gasteiger partial charge in [0.25, 0.3) is 0 Å². The number of nitrogens with two attached hydrogens (primary N) is 1. The maximum atomic E-state index is 9.07. The lowest BCUT2D eigenvalue weighted by atomic mass is 9.96. The summed E-state index contributed by atoms with van der Waals surface area (Å²) < 4.78 is 0. The molecule has 3 nitrogen and oxygen atoms in total. The first-order chi connectivity index (χ1) is 9.63. The minimum Gasteiger partial charge on any atom is -0.396 e. The largest absolute Gasteiger partial charge is 0.396 e. The summed E-state index contributed by atoms with van der Waals surface area (Å²) in [4.78, 5) is 2.56. The summed E-state index contributed by atoms with van der Waals surface area (Å²) in [6.45, 7) is 5.65. The molecule has 2 rings (SSSR count). The average Bonchev–Trinajstić information content (AvgIpc) is 2.84. The Morgan fingerprint density at radius 3 is 2.90 bits per heavy atom. The third-order valence-corrected chi connectivity index (χ3v) is 4.36. The Hall–Kier alpha value is -0.900. The molecule has 1 aromatic carbocycles. The Kier molecular flexibility index (Phi) is 5.58. The second-order valence-corrected chi connectivity index (χ2v) is 6.12. The summed E-state index contributed by atoms with van der Waals surface area (Å²) in [6.07, 6.45) is 4.44. The van der Waals surface area contributed by atoms with Crippen LogP contribution in [0.5, 0.6) is 0 Å². The van der Waals surface area contributed by atoms with Crippen molar-refractivity contribution in [1.29, 1.82) is 0 Å². The number of nitrogens with zero attached hydrogens (tertiary/aromatic N) is 1. The Morgan fingerprint density at radius 2 is 2.25 bits per heavy atom. The molecular weight excluding hydrogens is 248 g/mol. The number of rotatable bonds is 6. The van der Waals surface area contributed by atoms with Crippen LogP contribution in [0.15, 0.2) is 24.3 Å². The van der Waals surface area contributed by atoms with E-state index in [9.17, 15) is 0 Å². The first kappa shape index (κ1) is 15.5. The molecule has 1 aliphatic rings. The van der Waals surface area contributed by atoms with Crippen molar-refractivity contribution < 1.29 is 5.11 Å². The quantitative estimate of drug-likeness (QED) is 0.839. The highest BCUT2D eigenvalue weighted by atomic mass is 16.2. The van der Waals surface area contributed by atoms with Gasteiger partial charge in [0.05, 0.1) is 0 Å². The fourth-order valence-electron chi connectivity index (χ4n) is 3.51. The molecule has 0 saturated carbocycles. The van der Waals surface area contributed by atoms with E-state index < -0.39 is 0 Å². The topological polar surface area (TPSA) is 49.5 Å². The van der Waals surface area contributed by atoms with Crippen LogP contribution < -0.4 is 5.73 Å². The van der Waals surface area contributed by atoms with Crippen LogP contribution in [0.3, 0.4) is 0 Å². The molecule has 1 fully saturated rings. The van der Waals surface area contributed by atoms with E-state index >= 15 is 0 Å². The SMILES string of the molecule is Cc1cccc(C(C(C)N)N2CCCC2CCCO)c1. The Morgan fingerprint density at radius 1 is 1.45 bits per heavy atom. The van der Waals surface area contributed by atoms with Crippen molar-refractivity contribution in [3.63, 3.8) is 0 Å². The van der Waals surface area contributed by atoms with Crippen molar-refractivity contribution in [1.82, 2.24) is 4.90 Å². The molecule has 0 bridgehead atoms. The number of likely N-dealkylation sites (tertiary alicyclic amines) is 1. The van der Waals surface area contributed by atoms with Gasteiger partial charge in [0.15, 0.2) is 0 Å². The zero-order valence-electron chi connectivity index (χ0n) is 12.8. The number of benzene rings is 1. The highest BCUT2D eigenvalue weighted by Gasteiger charge is 2.33. The Bertz CT molecular complexity index is 419. The number of hydrogen-bond acceptors (Lipinski definition) is 3. The second kappa shape index (κ2) is 7.21. The van der Waals surface area contributed by atoms with Crippen LogP contribution in [0.2, 0.25) is 0 Å². The van der Waals surface area contributed by atoms with Crippen LogP contribution in [0.25, 0.3) is 0 Å². The molecule has 20 heavy (non-hydrogen) atoms. The number of aliphatic hydroxyl groups is 1. The number of aliphatic hydroxyl groups excluding tert-OH is 1. The van der Waals surface area contributed by atoms with Crippen molar-refractivity contribution in [3.05, 3.63) is 35.4 Å². The van der Waals surface area contributed by atoms with Crippen LogP contribution >= 0.6 is 0 Å². The van der Waals surface area contributed by atoms with Gasteiger partial charge in [-0.05, 0) is 51.6 Å². The van der Waals surface area contributed by atoms with Crippen LogP contribution in [0.1, 0.15) is 49.8 Å². The third kappa shape index (κ3) is 3.60. The van der Waals surface area contributed by atoms with E-state index in [4.69, 9.17) is 10.8 Å². The van der Waals surface area contributed by atoms with Gasteiger partial charge in [0.1, 0.15) is 0 Å². The summed E-state index contributed by atoms with van der Waals surface area (Å²) in [6, 6.07) is 9.69. The van der Waals surface area contributed by atoms with Crippen LogP contribution in [0.4, 0.5) is 0 Å². The van der Waals surface area contributed by atoms with Gasteiger partial charge in [-0.3, -0.25) is 4.90 Å². The maximum absolute atomic E-state index is 9.07. The molecule has 0 radical (unpaired) electrons. The monoisotopic (exact) mass is 276 g/mol. The van der Waals surface area contributed by atoms with Crippen LogP contribution in [0, 0.1) is 6.92 Å². The van der Waals surface area contributed by atoms with E-state index in [2.05, 4.69) is 43.0 Å². The molecule has 3 unspecified atom stereocenters. The van der Waals surface area contributed by atoms with Gasteiger partial charge in [0.2, 0.25) is 0 Å². The van der Waals surface area contributed by atoms with Crippen molar-refractivity contribution in [2.24, 2.45) is 5.73 Å². The van der Waals surface area contributed by atoms with Crippen molar-refractivity contribution in [3.8, 4) is 0 Å². The lowest BCUT2D eigenvalue weighted by Crippen LogP contribution is -2.42. The van der Waals surface area contributed by atoms with Crippen molar-refractivity contribution in [2.75, 3.05) is 13.2 Å². The number of aryl methyl sites for hydroxylation is 1. The molecule has 112 valence electrons. The molecule has 1 aromatic rings. The Balaban J connectivity index is 2.19. The Labute approximate surface area is 122 Å². The van der Waals surface area contributed by atoms with Gasteiger partial charge in [-0.25, -0.2) is 0 Å². The minimum absolute atomic E-state index is 0.117. The maximum Gasteiger partial charge on any atom is 0.0499 e. The molecule has 0 aromatic heterocycles. The summed E-state index contributed by atoms with van der Waals surface area (Å²) in [5.74, 6) is 0. The first-order valence-electron chi connectivity index (χ1n) is 7.82. The standard InChI is InChI=1S/C17H28N2O/c1-13-6-3-7-15(12-13)17(14(2)18)19-10-4-8-16(19)9-5-11-20/h3,6-7,12,14,16-17,20H,4-5,8-11,18H2,1-2H3. The summed E-state index contributed by atoms with van der Waals surface area (Å²) in [5.41, 5.74) is 8.92. The molecule has 1 heterocycles. The van der Waals surface area contributed by atoms with E-state index in [1.165, 1.54) is 24.0 Å². The molecular formula is C17H28N2O. The van der Waals surface area contributed by atoms with Crippen LogP contribution in [-0.4, -0.2) is 35.2 Å². The predicted molar refractivity (Wildman–Crippen MR) is 83.6 cm³/mol. The van der Waals surface area contributed by atoms with E-state index in [1.54, 1.807) is 0 Å². The predicted octanol–water partition coefficient (Wildman–Crippen LogP) is 2.62. The smallest absolute Gasteiger partial charge is 0.0499 e. The van der Waals surface area contributed by atoms with Gasteiger partial charge in [-0.2, -0.15) is 0 Å². The average molecular weight is 276 g/mol. The molecule has 0 aliphatic carbocycles. The lowest BCUT2D eigenvalue weighted by molar-refractivity contribution is 0.145. The molecule has 1 saturated heterocycles. The van der Waals surface area contributed by atoms with Gasteiger partial charge in [-0.1, -0.05) is 29.8 Å². The fraction of sp³-hybridized carbons (Fsp3) is 0.647. The van der Waals surface area contributed by atoms with Gasteiger partial charge in [-0.15, -0.1) is 0 Å². The fourth-order valence-corrected chi connectivity index (χ4v) is 3.51. The van der Waals surface area contributed by atoms with Gasteiger partial charge in [0, 0.05) is 24.7 Å². The normalized spacial score (nSPS) is 22.9. The summed E-state index contributed by atoms with van der Waals surface area (Å²) in [7, 11) is 0. The van der Waals surface area contributed by atoms with E-state index in [0.29, 0.717) is 12.1 Å². The van der Waals surface area contributed by atoms with Crippen molar-refractivity contribution in [2.45, 2.75) is 57.7 Å². The summed E-state index contributed by atoms with van der Waals surface area (Å²) >= 11 is 0. The highest BCUT2D eigenvalue weighted by molar-refractivity contribution is 5.26. The molecule has 3 heteroatoms. The van der Waals surface area contributed by atoms with Crippen molar-refractivity contribution >= 4 is 0 Å². The second-order valence-electron chi connectivity index (χ2n) is 6.12. The van der Waals surface area contributed by atoms with E-state index in [0.717, 1.165) is 19.4 Å². The van der Waals surface area contributed by atoms with Gasteiger partial charge >= 0.3 is 0 Å². The molecule has 0 amide bonds. The van der Waals surface area contributed by atoms with E-state index in [-0.39, 0.29) is 12.6 Å². The number of hydrogen-bond donors (Lipinski definition) is 2. The van der Waals surface area contributed by atoms with E-state index in [1.807, 2.05) is 0 Å².